The highest BCUT2D eigenvalue weighted by Gasteiger charge is 2.33. The Labute approximate surface area is 125 Å². The van der Waals surface area contributed by atoms with Gasteiger partial charge in [-0.1, -0.05) is 0 Å². The van der Waals surface area contributed by atoms with Crippen LogP contribution in [0.15, 0.2) is 12.1 Å². The molecule has 114 valence electrons. The summed E-state index contributed by atoms with van der Waals surface area (Å²) in [5.74, 6) is 1.34. The van der Waals surface area contributed by atoms with Crippen LogP contribution in [-0.2, 0) is 11.2 Å². The van der Waals surface area contributed by atoms with E-state index >= 15 is 0 Å². The number of carbonyl (C=O) groups is 1. The summed E-state index contributed by atoms with van der Waals surface area (Å²) in [6, 6.07) is 3.53. The lowest BCUT2D eigenvalue weighted by Crippen LogP contribution is -2.38. The van der Waals surface area contributed by atoms with Gasteiger partial charge >= 0.3 is 0 Å². The predicted octanol–water partition coefficient (Wildman–Crippen LogP) is 3.12. The Morgan fingerprint density at radius 3 is 2.62 bits per heavy atom. The number of fused-ring (bicyclic) bond motifs is 1. The number of piperidine rings is 1. The fourth-order valence-electron chi connectivity index (χ4n) is 3.90. The SMILES string of the molecule is COc1cc2c(cc1F)CCC2C1CCN(C(C)=O)CC1. The molecule has 21 heavy (non-hydrogen) atoms. The van der Waals surface area contributed by atoms with Crippen molar-refractivity contribution in [2.75, 3.05) is 20.2 Å². The molecular weight excluding hydrogens is 269 g/mol. The molecule has 1 amide bonds. The molecule has 3 rings (SSSR count). The molecule has 2 aliphatic rings. The standard InChI is InChI=1S/C17H22FNO2/c1-11(20)19-7-5-12(6-8-19)14-4-3-13-9-16(18)17(21-2)10-15(13)14/h9-10,12,14H,3-8H2,1-2H3. The summed E-state index contributed by atoms with van der Waals surface area (Å²) >= 11 is 0. The maximum atomic E-state index is 13.8. The van der Waals surface area contributed by atoms with Gasteiger partial charge in [0.2, 0.25) is 5.91 Å². The van der Waals surface area contributed by atoms with Gasteiger partial charge in [0.15, 0.2) is 11.6 Å². The maximum Gasteiger partial charge on any atom is 0.219 e. The van der Waals surface area contributed by atoms with E-state index < -0.39 is 0 Å². The molecule has 1 heterocycles. The third-order valence-corrected chi connectivity index (χ3v) is 5.09. The second kappa shape index (κ2) is 5.66. The summed E-state index contributed by atoms with van der Waals surface area (Å²) in [6.07, 6.45) is 4.13. The minimum atomic E-state index is -0.261. The molecule has 0 saturated carbocycles. The van der Waals surface area contributed by atoms with Crippen molar-refractivity contribution >= 4 is 5.91 Å². The van der Waals surface area contributed by atoms with E-state index in [1.807, 2.05) is 11.0 Å². The van der Waals surface area contributed by atoms with Crippen LogP contribution in [0.3, 0.4) is 0 Å². The van der Waals surface area contributed by atoms with Gasteiger partial charge in [-0.25, -0.2) is 4.39 Å². The van der Waals surface area contributed by atoms with Gasteiger partial charge in [-0.15, -0.1) is 0 Å². The third kappa shape index (κ3) is 2.63. The fraction of sp³-hybridized carbons (Fsp3) is 0.588. The minimum Gasteiger partial charge on any atom is -0.494 e. The van der Waals surface area contributed by atoms with Crippen LogP contribution in [-0.4, -0.2) is 31.0 Å². The van der Waals surface area contributed by atoms with Gasteiger partial charge in [0.25, 0.3) is 0 Å². The molecule has 1 aromatic rings. The van der Waals surface area contributed by atoms with Crippen molar-refractivity contribution in [2.45, 2.75) is 38.5 Å². The van der Waals surface area contributed by atoms with Crippen molar-refractivity contribution in [1.82, 2.24) is 4.90 Å². The molecule has 0 aromatic heterocycles. The van der Waals surface area contributed by atoms with E-state index in [1.54, 1.807) is 13.0 Å². The molecule has 1 aliphatic heterocycles. The molecule has 1 aliphatic carbocycles. The van der Waals surface area contributed by atoms with Crippen molar-refractivity contribution in [3.63, 3.8) is 0 Å². The van der Waals surface area contributed by atoms with Crippen molar-refractivity contribution < 1.29 is 13.9 Å². The first-order valence-electron chi connectivity index (χ1n) is 7.72. The lowest BCUT2D eigenvalue weighted by molar-refractivity contribution is -0.130. The number of carbonyl (C=O) groups excluding carboxylic acids is 1. The van der Waals surface area contributed by atoms with Gasteiger partial charge in [-0.2, -0.15) is 0 Å². The number of methoxy groups -OCH3 is 1. The van der Waals surface area contributed by atoms with E-state index in [9.17, 15) is 9.18 Å². The van der Waals surface area contributed by atoms with Crippen molar-refractivity contribution in [3.8, 4) is 5.75 Å². The lowest BCUT2D eigenvalue weighted by Gasteiger charge is -2.34. The Hall–Kier alpha value is -1.58. The minimum absolute atomic E-state index is 0.170. The summed E-state index contributed by atoms with van der Waals surface area (Å²) in [6.45, 7) is 3.34. The van der Waals surface area contributed by atoms with Crippen LogP contribution in [0.5, 0.6) is 5.75 Å². The van der Waals surface area contributed by atoms with Crippen molar-refractivity contribution in [1.29, 1.82) is 0 Å². The molecule has 1 fully saturated rings. The van der Waals surface area contributed by atoms with Crippen LogP contribution >= 0.6 is 0 Å². The molecule has 1 aromatic carbocycles. The molecule has 1 unspecified atom stereocenters. The number of nitrogens with zero attached hydrogens (tertiary/aromatic N) is 1. The fourth-order valence-corrected chi connectivity index (χ4v) is 3.90. The first-order chi connectivity index (χ1) is 10.1. The average Bonchev–Trinajstić information content (AvgIpc) is 2.89. The number of rotatable bonds is 2. The van der Waals surface area contributed by atoms with Gasteiger partial charge in [-0.3, -0.25) is 4.79 Å². The van der Waals surface area contributed by atoms with Gasteiger partial charge in [0, 0.05) is 20.0 Å². The molecule has 1 saturated heterocycles. The number of halogens is 1. The normalized spacial score (nSPS) is 22.2. The Morgan fingerprint density at radius 2 is 2.00 bits per heavy atom. The zero-order chi connectivity index (χ0) is 15.0. The predicted molar refractivity (Wildman–Crippen MR) is 79.0 cm³/mol. The van der Waals surface area contributed by atoms with E-state index in [1.165, 1.54) is 12.7 Å². The zero-order valence-electron chi connectivity index (χ0n) is 12.7. The van der Waals surface area contributed by atoms with Crippen LogP contribution in [0.25, 0.3) is 0 Å². The number of aryl methyl sites for hydroxylation is 1. The van der Waals surface area contributed by atoms with Crippen molar-refractivity contribution in [2.24, 2.45) is 5.92 Å². The van der Waals surface area contributed by atoms with Gasteiger partial charge < -0.3 is 9.64 Å². The number of hydrogen-bond acceptors (Lipinski definition) is 2. The van der Waals surface area contributed by atoms with Gasteiger partial charge in [0.05, 0.1) is 7.11 Å². The van der Waals surface area contributed by atoms with E-state index in [4.69, 9.17) is 4.74 Å². The molecule has 0 spiro atoms. The van der Waals surface area contributed by atoms with Gasteiger partial charge in [-0.05, 0) is 60.8 Å². The number of likely N-dealkylation sites (tertiary alicyclic amines) is 1. The van der Waals surface area contributed by atoms with Crippen LogP contribution in [0, 0.1) is 11.7 Å². The monoisotopic (exact) mass is 291 g/mol. The summed E-state index contributed by atoms with van der Waals surface area (Å²) in [5.41, 5.74) is 2.39. The number of hydrogen-bond donors (Lipinski definition) is 0. The number of benzene rings is 1. The summed E-state index contributed by atoms with van der Waals surface area (Å²) in [5, 5.41) is 0. The Bertz CT molecular complexity index is 550. The number of amides is 1. The second-order valence-electron chi connectivity index (χ2n) is 6.17. The highest BCUT2D eigenvalue weighted by molar-refractivity contribution is 5.73. The summed E-state index contributed by atoms with van der Waals surface area (Å²) < 4.78 is 18.9. The highest BCUT2D eigenvalue weighted by atomic mass is 19.1. The molecule has 0 bridgehead atoms. The van der Waals surface area contributed by atoms with Crippen LogP contribution in [0.2, 0.25) is 0 Å². The highest BCUT2D eigenvalue weighted by Crippen LogP contribution is 2.44. The summed E-state index contributed by atoms with van der Waals surface area (Å²) in [4.78, 5) is 13.3. The summed E-state index contributed by atoms with van der Waals surface area (Å²) in [7, 11) is 1.51. The second-order valence-corrected chi connectivity index (χ2v) is 6.17. The Balaban J connectivity index is 1.77. The Kier molecular flexibility index (Phi) is 3.87. The smallest absolute Gasteiger partial charge is 0.219 e. The first-order valence-corrected chi connectivity index (χ1v) is 7.72. The topological polar surface area (TPSA) is 29.5 Å². The van der Waals surface area contributed by atoms with Crippen molar-refractivity contribution in [3.05, 3.63) is 29.1 Å². The van der Waals surface area contributed by atoms with E-state index in [-0.39, 0.29) is 11.7 Å². The Morgan fingerprint density at radius 1 is 1.29 bits per heavy atom. The van der Waals surface area contributed by atoms with Crippen LogP contribution < -0.4 is 4.74 Å². The maximum absolute atomic E-state index is 13.8. The van der Waals surface area contributed by atoms with E-state index in [0.717, 1.165) is 44.3 Å². The van der Waals surface area contributed by atoms with E-state index in [2.05, 4.69) is 0 Å². The average molecular weight is 291 g/mol. The molecular formula is C17H22FNO2. The molecule has 0 N–H and O–H groups in total. The largest absolute Gasteiger partial charge is 0.494 e. The van der Waals surface area contributed by atoms with Crippen LogP contribution in [0.4, 0.5) is 4.39 Å². The molecule has 0 radical (unpaired) electrons. The molecule has 4 heteroatoms. The van der Waals surface area contributed by atoms with E-state index in [0.29, 0.717) is 17.6 Å². The molecule has 1 atom stereocenters. The first kappa shape index (κ1) is 14.4. The van der Waals surface area contributed by atoms with Crippen LogP contribution in [0.1, 0.15) is 43.2 Å². The van der Waals surface area contributed by atoms with Gasteiger partial charge in [0.1, 0.15) is 0 Å². The third-order valence-electron chi connectivity index (χ3n) is 5.09. The number of ether oxygens (including phenoxy) is 1. The quantitative estimate of drug-likeness (QED) is 0.838. The molecule has 3 nitrogen and oxygen atoms in total. The zero-order valence-corrected chi connectivity index (χ0v) is 12.7. The lowest BCUT2D eigenvalue weighted by atomic mass is 9.81.